The summed E-state index contributed by atoms with van der Waals surface area (Å²) in [6.07, 6.45) is 1.75. The first-order chi connectivity index (χ1) is 16.2. The van der Waals surface area contributed by atoms with Crippen LogP contribution >= 0.6 is 0 Å². The lowest BCUT2D eigenvalue weighted by Gasteiger charge is -2.14. The van der Waals surface area contributed by atoms with Crippen molar-refractivity contribution in [2.75, 3.05) is 18.9 Å². The van der Waals surface area contributed by atoms with E-state index >= 15 is 0 Å². The van der Waals surface area contributed by atoms with Crippen LogP contribution in [0.2, 0.25) is 0 Å². The molecule has 0 saturated heterocycles. The first kappa shape index (κ1) is 20.6. The van der Waals surface area contributed by atoms with E-state index in [0.717, 1.165) is 16.3 Å². The number of alkyl carbamates (subject to hydrolysis) is 1. The third-order valence-electron chi connectivity index (χ3n) is 5.91. The molecule has 1 heterocycles. The largest absolute Gasteiger partial charge is 0.449 e. The average Bonchev–Trinajstić information content (AvgIpc) is 3.18. The van der Waals surface area contributed by atoms with E-state index in [1.807, 2.05) is 48.5 Å². The molecule has 4 aromatic rings. The Bertz CT molecular complexity index is 1360. The quantitative estimate of drug-likeness (QED) is 0.347. The highest BCUT2D eigenvalue weighted by Crippen LogP contribution is 2.44. The third kappa shape index (κ3) is 4.11. The molecule has 0 spiro atoms. The van der Waals surface area contributed by atoms with Crippen molar-refractivity contribution in [3.05, 3.63) is 95.7 Å². The van der Waals surface area contributed by atoms with E-state index in [2.05, 4.69) is 46.4 Å². The number of hydrogen-bond acceptors (Lipinski definition) is 4. The summed E-state index contributed by atoms with van der Waals surface area (Å²) >= 11 is 0. The number of ether oxygens (including phenoxy) is 1. The van der Waals surface area contributed by atoms with Crippen molar-refractivity contribution in [1.82, 2.24) is 10.3 Å². The Labute approximate surface area is 192 Å². The van der Waals surface area contributed by atoms with Gasteiger partial charge in [-0.25, -0.2) is 9.78 Å². The molecule has 3 N–H and O–H groups in total. The lowest BCUT2D eigenvalue weighted by Crippen LogP contribution is -2.26. The van der Waals surface area contributed by atoms with E-state index in [1.54, 1.807) is 6.20 Å². The molecule has 1 aromatic heterocycles. The Kier molecular flexibility index (Phi) is 5.65. The van der Waals surface area contributed by atoms with Gasteiger partial charge in [-0.3, -0.25) is 0 Å². The summed E-state index contributed by atoms with van der Waals surface area (Å²) in [5.41, 5.74) is 11.6. The molecule has 0 unspecified atom stereocenters. The summed E-state index contributed by atoms with van der Waals surface area (Å²) in [6.45, 7) is 0.707. The fourth-order valence-corrected chi connectivity index (χ4v) is 4.35. The predicted molar refractivity (Wildman–Crippen MR) is 131 cm³/mol. The van der Waals surface area contributed by atoms with Crippen molar-refractivity contribution in [2.24, 2.45) is 0 Å². The van der Waals surface area contributed by atoms with Gasteiger partial charge < -0.3 is 15.8 Å². The van der Waals surface area contributed by atoms with Gasteiger partial charge in [-0.05, 0) is 22.3 Å². The van der Waals surface area contributed by atoms with Crippen LogP contribution in [-0.4, -0.2) is 24.2 Å². The molecule has 5 nitrogen and oxygen atoms in total. The average molecular weight is 434 g/mol. The number of benzene rings is 3. The summed E-state index contributed by atoms with van der Waals surface area (Å²) in [7, 11) is 0. The molecule has 0 atom stereocenters. The molecule has 33 heavy (non-hydrogen) atoms. The molecule has 5 rings (SSSR count). The van der Waals surface area contributed by atoms with Gasteiger partial charge in [0.1, 0.15) is 12.4 Å². The van der Waals surface area contributed by atoms with Crippen molar-refractivity contribution in [2.45, 2.75) is 12.3 Å². The van der Waals surface area contributed by atoms with Crippen LogP contribution in [0.5, 0.6) is 0 Å². The Morgan fingerprint density at radius 1 is 0.939 bits per heavy atom. The van der Waals surface area contributed by atoms with E-state index < -0.39 is 6.09 Å². The SMILES string of the molecule is Nc1ncc(C#CCCNC(=O)OCC2c3ccccc3-c3ccccc32)c2ccccc12. The Hall–Kier alpha value is -4.30. The second kappa shape index (κ2) is 9.05. The highest BCUT2D eigenvalue weighted by atomic mass is 16.5. The van der Waals surface area contributed by atoms with Crippen molar-refractivity contribution in [1.29, 1.82) is 0 Å². The van der Waals surface area contributed by atoms with Crippen LogP contribution in [0.4, 0.5) is 10.6 Å². The molecule has 1 aliphatic rings. The van der Waals surface area contributed by atoms with Crippen LogP contribution in [0.15, 0.2) is 79.0 Å². The summed E-state index contributed by atoms with van der Waals surface area (Å²) in [4.78, 5) is 16.5. The standard InChI is InChI=1S/C28H23N3O2/c29-27-25-15-6-1-10-20(25)19(17-31-27)9-7-8-16-30-28(32)33-18-26-23-13-4-2-11-21(23)22-12-3-5-14-24(22)26/h1-6,10-15,17,26H,8,16,18H2,(H2,29,31)(H,30,32). The first-order valence-corrected chi connectivity index (χ1v) is 10.9. The number of fused-ring (bicyclic) bond motifs is 4. The van der Waals surface area contributed by atoms with Gasteiger partial charge >= 0.3 is 6.09 Å². The molecule has 162 valence electrons. The predicted octanol–water partition coefficient (Wildman–Crippen LogP) is 5.10. The number of nitrogens with one attached hydrogen (secondary N) is 1. The minimum absolute atomic E-state index is 0.0502. The molecule has 0 radical (unpaired) electrons. The van der Waals surface area contributed by atoms with Crippen LogP contribution in [0.3, 0.4) is 0 Å². The number of nitrogens with two attached hydrogens (primary N) is 1. The summed E-state index contributed by atoms with van der Waals surface area (Å²) < 4.78 is 5.55. The fourth-order valence-electron chi connectivity index (χ4n) is 4.35. The molecule has 1 amide bonds. The van der Waals surface area contributed by atoms with E-state index in [9.17, 15) is 4.79 Å². The number of nitrogens with zero attached hydrogens (tertiary/aromatic N) is 1. The first-order valence-electron chi connectivity index (χ1n) is 10.9. The van der Waals surface area contributed by atoms with Gasteiger partial charge in [-0.15, -0.1) is 0 Å². The van der Waals surface area contributed by atoms with Gasteiger partial charge in [0.25, 0.3) is 0 Å². The highest BCUT2D eigenvalue weighted by Gasteiger charge is 2.28. The number of carbonyl (C=O) groups is 1. The maximum absolute atomic E-state index is 12.3. The number of carbonyl (C=O) groups excluding carboxylic acids is 1. The zero-order valence-electron chi connectivity index (χ0n) is 18.0. The molecule has 0 aliphatic heterocycles. The van der Waals surface area contributed by atoms with Crippen LogP contribution in [-0.2, 0) is 4.74 Å². The van der Waals surface area contributed by atoms with E-state index in [-0.39, 0.29) is 5.92 Å². The summed E-state index contributed by atoms with van der Waals surface area (Å²) in [5.74, 6) is 6.76. The van der Waals surface area contributed by atoms with Gasteiger partial charge in [-0.1, -0.05) is 84.6 Å². The zero-order valence-corrected chi connectivity index (χ0v) is 18.0. The molecule has 5 heteroatoms. The van der Waals surface area contributed by atoms with Crippen molar-refractivity contribution in [3.63, 3.8) is 0 Å². The number of nitrogen functional groups attached to an aromatic ring is 1. The van der Waals surface area contributed by atoms with Crippen molar-refractivity contribution < 1.29 is 9.53 Å². The Morgan fingerprint density at radius 3 is 2.30 bits per heavy atom. The topological polar surface area (TPSA) is 77.2 Å². The molecular formula is C28H23N3O2. The minimum Gasteiger partial charge on any atom is -0.449 e. The summed E-state index contributed by atoms with van der Waals surface area (Å²) in [5, 5.41) is 4.65. The fraction of sp³-hybridized carbons (Fsp3) is 0.143. The van der Waals surface area contributed by atoms with Crippen LogP contribution in [0.1, 0.15) is 29.0 Å². The van der Waals surface area contributed by atoms with E-state index in [1.165, 1.54) is 22.3 Å². The number of pyridine rings is 1. The minimum atomic E-state index is -0.432. The number of anilines is 1. The van der Waals surface area contributed by atoms with Gasteiger partial charge in [0, 0.05) is 35.9 Å². The molecular weight excluding hydrogens is 410 g/mol. The second-order valence-electron chi connectivity index (χ2n) is 7.91. The van der Waals surface area contributed by atoms with Gasteiger partial charge in [-0.2, -0.15) is 0 Å². The van der Waals surface area contributed by atoms with E-state index in [4.69, 9.17) is 10.5 Å². The molecule has 0 saturated carbocycles. The van der Waals surface area contributed by atoms with Gasteiger partial charge in [0.15, 0.2) is 0 Å². The smallest absolute Gasteiger partial charge is 0.407 e. The molecule has 0 bridgehead atoms. The molecule has 1 aliphatic carbocycles. The zero-order chi connectivity index (χ0) is 22.6. The van der Waals surface area contributed by atoms with Crippen LogP contribution in [0.25, 0.3) is 21.9 Å². The molecule has 3 aromatic carbocycles. The number of hydrogen-bond donors (Lipinski definition) is 2. The maximum atomic E-state index is 12.3. The third-order valence-corrected chi connectivity index (χ3v) is 5.91. The van der Waals surface area contributed by atoms with Crippen molar-refractivity contribution >= 4 is 22.7 Å². The Morgan fingerprint density at radius 2 is 1.58 bits per heavy atom. The Balaban J connectivity index is 1.16. The lowest BCUT2D eigenvalue weighted by molar-refractivity contribution is 0.143. The molecule has 0 fully saturated rings. The maximum Gasteiger partial charge on any atom is 0.407 e. The normalized spacial score (nSPS) is 11.9. The van der Waals surface area contributed by atoms with Crippen molar-refractivity contribution in [3.8, 4) is 23.0 Å². The van der Waals surface area contributed by atoms with Crippen LogP contribution in [0, 0.1) is 11.8 Å². The number of aromatic nitrogens is 1. The van der Waals surface area contributed by atoms with Crippen LogP contribution < -0.4 is 11.1 Å². The second-order valence-corrected chi connectivity index (χ2v) is 7.91. The highest BCUT2D eigenvalue weighted by molar-refractivity contribution is 5.94. The summed E-state index contributed by atoms with van der Waals surface area (Å²) in [6, 6.07) is 24.4. The van der Waals surface area contributed by atoms with E-state index in [0.29, 0.717) is 25.4 Å². The van der Waals surface area contributed by atoms with Gasteiger partial charge in [0.05, 0.1) is 5.56 Å². The number of amides is 1. The lowest BCUT2D eigenvalue weighted by atomic mass is 9.98. The van der Waals surface area contributed by atoms with Gasteiger partial charge in [0.2, 0.25) is 0 Å². The monoisotopic (exact) mass is 433 g/mol. The number of rotatable bonds is 4.